The lowest BCUT2D eigenvalue weighted by molar-refractivity contribution is 0.0958. The molecule has 3 aromatic rings. The molecule has 3 aromatic carbocycles. The van der Waals surface area contributed by atoms with E-state index in [0.29, 0.717) is 0 Å². The van der Waals surface area contributed by atoms with Crippen molar-refractivity contribution in [3.8, 4) is 0 Å². The number of anilines is 2. The summed E-state index contributed by atoms with van der Waals surface area (Å²) >= 11 is 0. The van der Waals surface area contributed by atoms with Gasteiger partial charge in [-0.1, -0.05) is 48.0 Å². The summed E-state index contributed by atoms with van der Waals surface area (Å²) in [7, 11) is 4.13. The minimum absolute atomic E-state index is 0.0916. The number of nitrogens with zero attached hydrogens (tertiary/aromatic N) is 3. The van der Waals surface area contributed by atoms with Gasteiger partial charge in [0.15, 0.2) is 0 Å². The monoisotopic (exact) mass is 427 g/mol. The van der Waals surface area contributed by atoms with Crippen LogP contribution < -0.4 is 9.80 Å². The lowest BCUT2D eigenvalue weighted by Crippen LogP contribution is -2.47. The van der Waals surface area contributed by atoms with Crippen LogP contribution in [0.15, 0.2) is 78.9 Å². The summed E-state index contributed by atoms with van der Waals surface area (Å²) < 4.78 is 0. The van der Waals surface area contributed by atoms with E-state index in [-0.39, 0.29) is 11.9 Å². The number of aryl methyl sites for hydroxylation is 1. The molecule has 1 heterocycles. The zero-order valence-corrected chi connectivity index (χ0v) is 19.4. The fraction of sp³-hybridized carbons (Fsp3) is 0.321. The van der Waals surface area contributed by atoms with Gasteiger partial charge < -0.3 is 9.80 Å². The van der Waals surface area contributed by atoms with Gasteiger partial charge in [-0.05, 0) is 61.7 Å². The van der Waals surface area contributed by atoms with Gasteiger partial charge >= 0.3 is 0 Å². The van der Waals surface area contributed by atoms with Crippen LogP contribution in [0.25, 0.3) is 0 Å². The van der Waals surface area contributed by atoms with Crippen molar-refractivity contribution in [1.82, 2.24) is 4.90 Å². The quantitative estimate of drug-likeness (QED) is 0.529. The Kier molecular flexibility index (Phi) is 6.91. The fourth-order valence-corrected chi connectivity index (χ4v) is 4.41. The molecule has 0 atom stereocenters. The summed E-state index contributed by atoms with van der Waals surface area (Å²) in [6, 6.07) is 27.0. The third-order valence-electron chi connectivity index (χ3n) is 6.33. The summed E-state index contributed by atoms with van der Waals surface area (Å²) in [4.78, 5) is 20.2. The molecule has 0 bridgehead atoms. The lowest BCUT2D eigenvalue weighted by Gasteiger charge is -2.38. The van der Waals surface area contributed by atoms with E-state index < -0.39 is 0 Å². The van der Waals surface area contributed by atoms with Gasteiger partial charge in [-0.25, -0.2) is 0 Å². The van der Waals surface area contributed by atoms with E-state index in [4.69, 9.17) is 0 Å². The highest BCUT2D eigenvalue weighted by Crippen LogP contribution is 2.27. The van der Waals surface area contributed by atoms with Crippen LogP contribution in [0, 0.1) is 6.92 Å². The molecule has 4 rings (SSSR count). The predicted octanol–water partition coefficient (Wildman–Crippen LogP) is 5.37. The van der Waals surface area contributed by atoms with Crippen LogP contribution in [0.2, 0.25) is 0 Å². The number of likely N-dealkylation sites (tertiary alicyclic amines) is 1. The Bertz CT molecular complexity index is 1000. The molecule has 0 aliphatic carbocycles. The van der Waals surface area contributed by atoms with E-state index in [1.54, 1.807) is 0 Å². The molecule has 0 N–H and O–H groups in total. The van der Waals surface area contributed by atoms with Crippen molar-refractivity contribution in [2.45, 2.75) is 32.4 Å². The Hall–Kier alpha value is -3.11. The Morgan fingerprint density at radius 2 is 1.47 bits per heavy atom. The van der Waals surface area contributed by atoms with Crippen molar-refractivity contribution in [3.05, 3.63) is 95.6 Å². The van der Waals surface area contributed by atoms with Crippen molar-refractivity contribution in [2.75, 3.05) is 37.0 Å². The van der Waals surface area contributed by atoms with E-state index in [0.717, 1.165) is 43.7 Å². The van der Waals surface area contributed by atoms with E-state index >= 15 is 0 Å². The molecule has 1 aliphatic rings. The van der Waals surface area contributed by atoms with Gasteiger partial charge in [-0.15, -0.1) is 0 Å². The van der Waals surface area contributed by atoms with Crippen LogP contribution in [-0.2, 0) is 6.54 Å². The second kappa shape index (κ2) is 10.0. The highest BCUT2D eigenvalue weighted by Gasteiger charge is 2.29. The number of hydrogen-bond acceptors (Lipinski definition) is 3. The number of rotatable bonds is 6. The maximum atomic E-state index is 13.5. The van der Waals surface area contributed by atoms with Crippen LogP contribution >= 0.6 is 0 Å². The first-order valence-electron chi connectivity index (χ1n) is 11.4. The average Bonchev–Trinajstić information content (AvgIpc) is 2.82. The van der Waals surface area contributed by atoms with Gasteiger partial charge in [0.1, 0.15) is 0 Å². The first kappa shape index (κ1) is 22.1. The molecule has 1 fully saturated rings. The molecule has 0 radical (unpaired) electrons. The second-order valence-corrected chi connectivity index (χ2v) is 8.94. The largest absolute Gasteiger partial charge is 0.378 e. The Labute approximate surface area is 192 Å². The number of carbonyl (C=O) groups excluding carboxylic acids is 1. The molecule has 0 unspecified atom stereocenters. The molecule has 0 saturated carbocycles. The molecule has 166 valence electrons. The minimum Gasteiger partial charge on any atom is -0.378 e. The number of benzene rings is 3. The summed E-state index contributed by atoms with van der Waals surface area (Å²) in [6.07, 6.45) is 1.95. The van der Waals surface area contributed by atoms with E-state index in [9.17, 15) is 4.79 Å². The maximum Gasteiger partial charge on any atom is 0.258 e. The molecular weight excluding hydrogens is 394 g/mol. The summed E-state index contributed by atoms with van der Waals surface area (Å²) in [5.41, 5.74) is 5.46. The smallest absolute Gasteiger partial charge is 0.258 e. The van der Waals surface area contributed by atoms with Crippen LogP contribution in [0.4, 0.5) is 11.4 Å². The zero-order valence-electron chi connectivity index (χ0n) is 19.4. The van der Waals surface area contributed by atoms with E-state index in [1.165, 1.54) is 16.8 Å². The highest BCUT2D eigenvalue weighted by atomic mass is 16.2. The highest BCUT2D eigenvalue weighted by molar-refractivity contribution is 6.06. The van der Waals surface area contributed by atoms with Gasteiger partial charge in [-0.3, -0.25) is 9.69 Å². The first-order valence-corrected chi connectivity index (χ1v) is 11.4. The van der Waals surface area contributed by atoms with Crippen molar-refractivity contribution in [2.24, 2.45) is 0 Å². The number of piperidine rings is 1. The van der Waals surface area contributed by atoms with Crippen molar-refractivity contribution in [3.63, 3.8) is 0 Å². The Balaban J connectivity index is 1.45. The molecule has 1 saturated heterocycles. The molecule has 1 amide bonds. The third-order valence-corrected chi connectivity index (χ3v) is 6.33. The molecule has 4 heteroatoms. The Morgan fingerprint density at radius 3 is 2.06 bits per heavy atom. The minimum atomic E-state index is 0.0916. The normalized spacial score (nSPS) is 14.8. The molecule has 4 nitrogen and oxygen atoms in total. The number of para-hydroxylation sites is 1. The van der Waals surface area contributed by atoms with E-state index in [1.807, 2.05) is 66.4 Å². The van der Waals surface area contributed by atoms with Crippen molar-refractivity contribution < 1.29 is 4.79 Å². The number of hydrogen-bond donors (Lipinski definition) is 0. The van der Waals surface area contributed by atoms with Gasteiger partial charge in [-0.2, -0.15) is 0 Å². The zero-order chi connectivity index (χ0) is 22.5. The number of carbonyl (C=O) groups is 1. The lowest BCUT2D eigenvalue weighted by atomic mass is 10.00. The number of amides is 1. The SMILES string of the molecule is Cc1ccc(C(=O)N(c2ccccc2)C2CCN(Cc3ccc(N(C)C)cc3)CC2)cc1. The van der Waals surface area contributed by atoms with E-state index in [2.05, 4.69) is 48.2 Å². The predicted molar refractivity (Wildman–Crippen MR) is 133 cm³/mol. The fourth-order valence-electron chi connectivity index (χ4n) is 4.41. The topological polar surface area (TPSA) is 26.8 Å². The molecular formula is C28H33N3O. The first-order chi connectivity index (χ1) is 15.5. The molecule has 0 spiro atoms. The maximum absolute atomic E-state index is 13.5. The molecule has 1 aliphatic heterocycles. The standard InChI is InChI=1S/C28H33N3O/c1-22-9-13-24(14-10-22)28(32)31(26-7-5-4-6-8-26)27-17-19-30(20-18-27)21-23-11-15-25(16-12-23)29(2)3/h4-16,27H,17-21H2,1-3H3. The van der Waals surface area contributed by atoms with Gasteiger partial charge in [0.2, 0.25) is 0 Å². The molecule has 32 heavy (non-hydrogen) atoms. The summed E-state index contributed by atoms with van der Waals surface area (Å²) in [5, 5.41) is 0. The van der Waals surface area contributed by atoms with Crippen molar-refractivity contribution in [1.29, 1.82) is 0 Å². The Morgan fingerprint density at radius 1 is 0.844 bits per heavy atom. The van der Waals surface area contributed by atoms with Gasteiger partial charge in [0, 0.05) is 56.7 Å². The van der Waals surface area contributed by atoms with Crippen LogP contribution in [0.5, 0.6) is 0 Å². The van der Waals surface area contributed by atoms with Crippen LogP contribution in [-0.4, -0.2) is 44.0 Å². The molecule has 0 aromatic heterocycles. The van der Waals surface area contributed by atoms with Gasteiger partial charge in [0.05, 0.1) is 0 Å². The van der Waals surface area contributed by atoms with Gasteiger partial charge in [0.25, 0.3) is 5.91 Å². The van der Waals surface area contributed by atoms with Crippen molar-refractivity contribution >= 4 is 17.3 Å². The summed E-state index contributed by atoms with van der Waals surface area (Å²) in [6.45, 7) is 4.99. The third kappa shape index (κ3) is 5.20. The van der Waals surface area contributed by atoms with Crippen LogP contribution in [0.1, 0.15) is 34.3 Å². The average molecular weight is 428 g/mol. The summed E-state index contributed by atoms with van der Waals surface area (Å²) in [5.74, 6) is 0.0916. The van der Waals surface area contributed by atoms with Crippen LogP contribution in [0.3, 0.4) is 0 Å². The second-order valence-electron chi connectivity index (χ2n) is 8.94.